The minimum atomic E-state index is -0.394. The number of aromatic nitrogens is 2. The monoisotopic (exact) mass is 260 g/mol. The van der Waals surface area contributed by atoms with Gasteiger partial charge in [0.1, 0.15) is 0 Å². The first-order valence-electron chi connectivity index (χ1n) is 6.13. The molecule has 0 bridgehead atoms. The number of nitrogens with one attached hydrogen (secondary N) is 1. The molecule has 1 heterocycles. The zero-order chi connectivity index (χ0) is 13.8. The fourth-order valence-electron chi connectivity index (χ4n) is 1.79. The molecule has 1 aromatic heterocycles. The molecule has 0 aliphatic heterocycles. The largest absolute Gasteiger partial charge is 0.466 e. The summed E-state index contributed by atoms with van der Waals surface area (Å²) in [4.78, 5) is 23.5. The van der Waals surface area contributed by atoms with Gasteiger partial charge in [0.2, 0.25) is 0 Å². The van der Waals surface area contributed by atoms with Crippen molar-refractivity contribution in [3.63, 3.8) is 0 Å². The van der Waals surface area contributed by atoms with E-state index < -0.39 is 5.97 Å². The lowest BCUT2D eigenvalue weighted by molar-refractivity contribution is -0.142. The maximum absolute atomic E-state index is 12.1. The summed E-state index contributed by atoms with van der Waals surface area (Å²) in [5.74, 6) is -0.394. The lowest BCUT2D eigenvalue weighted by Gasteiger charge is -2.01. The Bertz CT molecular complexity index is 623. The van der Waals surface area contributed by atoms with Crippen LogP contribution in [0, 0.1) is 6.92 Å². The molecule has 0 spiro atoms. The molecule has 0 unspecified atom stereocenters. The molecule has 0 aliphatic carbocycles. The molecule has 1 N–H and O–H groups in total. The van der Waals surface area contributed by atoms with Crippen molar-refractivity contribution in [2.45, 2.75) is 20.3 Å². The molecule has 1 aromatic carbocycles. The van der Waals surface area contributed by atoms with Crippen molar-refractivity contribution in [3.05, 3.63) is 51.9 Å². The van der Waals surface area contributed by atoms with Gasteiger partial charge in [-0.1, -0.05) is 17.7 Å². The number of benzene rings is 1. The predicted molar refractivity (Wildman–Crippen MR) is 71.5 cm³/mol. The Kier molecular flexibility index (Phi) is 3.85. The molecule has 100 valence electrons. The summed E-state index contributed by atoms with van der Waals surface area (Å²) in [5.41, 5.74) is 2.04. The Labute approximate surface area is 110 Å². The van der Waals surface area contributed by atoms with Gasteiger partial charge in [0.15, 0.2) is 0 Å². The molecule has 0 saturated carbocycles. The summed E-state index contributed by atoms with van der Waals surface area (Å²) >= 11 is 0. The molecule has 0 saturated heterocycles. The van der Waals surface area contributed by atoms with Gasteiger partial charge in [0.25, 0.3) is 5.56 Å². The van der Waals surface area contributed by atoms with E-state index >= 15 is 0 Å². The molecule has 0 radical (unpaired) electrons. The minimum absolute atomic E-state index is 0.0119. The maximum atomic E-state index is 12.1. The van der Waals surface area contributed by atoms with E-state index in [-0.39, 0.29) is 12.0 Å². The van der Waals surface area contributed by atoms with E-state index in [1.54, 1.807) is 13.1 Å². The number of esters is 1. The standard InChI is InChI=1S/C14H16N2O3/c1-3-19-13(17)8-11-9-15-16(14(11)18)12-6-4-10(2)5-7-12/h4-7,9,15H,3,8H2,1-2H3. The highest BCUT2D eigenvalue weighted by Crippen LogP contribution is 2.06. The highest BCUT2D eigenvalue weighted by Gasteiger charge is 2.12. The van der Waals surface area contributed by atoms with E-state index in [9.17, 15) is 9.59 Å². The fraction of sp³-hybridized carbons (Fsp3) is 0.286. The molecule has 0 aliphatic rings. The van der Waals surface area contributed by atoms with Crippen LogP contribution in [-0.2, 0) is 16.0 Å². The van der Waals surface area contributed by atoms with Crippen LogP contribution in [0.5, 0.6) is 0 Å². The van der Waals surface area contributed by atoms with E-state index in [4.69, 9.17) is 4.74 Å². The number of hydrogen-bond donors (Lipinski definition) is 1. The molecule has 5 nitrogen and oxygen atoms in total. The summed E-state index contributed by atoms with van der Waals surface area (Å²) in [5, 5.41) is 2.85. The first kappa shape index (κ1) is 13.1. The van der Waals surface area contributed by atoms with Crippen LogP contribution < -0.4 is 5.56 Å². The summed E-state index contributed by atoms with van der Waals surface area (Å²) in [6.07, 6.45) is 1.53. The molecule has 2 aromatic rings. The van der Waals surface area contributed by atoms with Gasteiger partial charge in [-0.05, 0) is 26.0 Å². The summed E-state index contributed by atoms with van der Waals surface area (Å²) in [7, 11) is 0. The van der Waals surface area contributed by atoms with Crippen molar-refractivity contribution in [2.24, 2.45) is 0 Å². The zero-order valence-electron chi connectivity index (χ0n) is 11.0. The number of carbonyl (C=O) groups excluding carboxylic acids is 1. The number of H-pyrrole nitrogens is 1. The van der Waals surface area contributed by atoms with E-state index in [0.717, 1.165) is 11.3 Å². The van der Waals surface area contributed by atoms with Crippen LogP contribution >= 0.6 is 0 Å². The van der Waals surface area contributed by atoms with Gasteiger partial charge in [0.05, 0.1) is 18.7 Å². The quantitative estimate of drug-likeness (QED) is 0.849. The van der Waals surface area contributed by atoms with Gasteiger partial charge in [-0.3, -0.25) is 14.7 Å². The van der Waals surface area contributed by atoms with Gasteiger partial charge >= 0.3 is 5.97 Å². The highest BCUT2D eigenvalue weighted by molar-refractivity contribution is 5.72. The number of ether oxygens (including phenoxy) is 1. The average Bonchev–Trinajstić information content (AvgIpc) is 2.73. The van der Waals surface area contributed by atoms with Crippen molar-refractivity contribution >= 4 is 5.97 Å². The zero-order valence-corrected chi connectivity index (χ0v) is 11.0. The van der Waals surface area contributed by atoms with Crippen LogP contribution in [0.15, 0.2) is 35.3 Å². The first-order chi connectivity index (χ1) is 9.11. The van der Waals surface area contributed by atoms with Gasteiger partial charge in [0, 0.05) is 11.8 Å². The Morgan fingerprint density at radius 2 is 2.00 bits per heavy atom. The summed E-state index contributed by atoms with van der Waals surface area (Å²) < 4.78 is 6.24. The number of rotatable bonds is 4. The van der Waals surface area contributed by atoms with Crippen LogP contribution in [0.2, 0.25) is 0 Å². The van der Waals surface area contributed by atoms with Crippen LogP contribution in [-0.4, -0.2) is 22.4 Å². The normalized spacial score (nSPS) is 10.4. The van der Waals surface area contributed by atoms with E-state index in [0.29, 0.717) is 12.2 Å². The third-order valence-corrected chi connectivity index (χ3v) is 2.78. The molecule has 5 heteroatoms. The van der Waals surface area contributed by atoms with E-state index in [1.165, 1.54) is 4.68 Å². The molecule has 0 atom stereocenters. The number of aromatic amines is 1. The third kappa shape index (κ3) is 2.93. The van der Waals surface area contributed by atoms with Crippen LogP contribution in [0.3, 0.4) is 0 Å². The molecular weight excluding hydrogens is 244 g/mol. The van der Waals surface area contributed by atoms with Crippen molar-refractivity contribution in [3.8, 4) is 5.69 Å². The van der Waals surface area contributed by atoms with Crippen LogP contribution in [0.4, 0.5) is 0 Å². The number of nitrogens with zero attached hydrogens (tertiary/aromatic N) is 1. The topological polar surface area (TPSA) is 64.1 Å². The highest BCUT2D eigenvalue weighted by atomic mass is 16.5. The molecule has 19 heavy (non-hydrogen) atoms. The Balaban J connectivity index is 2.25. The molecule has 0 amide bonds. The lowest BCUT2D eigenvalue weighted by atomic mass is 10.2. The van der Waals surface area contributed by atoms with Crippen molar-refractivity contribution in [1.29, 1.82) is 0 Å². The number of carbonyl (C=O) groups is 1. The second-order valence-corrected chi connectivity index (χ2v) is 4.26. The maximum Gasteiger partial charge on any atom is 0.310 e. The average molecular weight is 260 g/mol. The first-order valence-corrected chi connectivity index (χ1v) is 6.13. The predicted octanol–water partition coefficient (Wildman–Crippen LogP) is 1.58. The Morgan fingerprint density at radius 1 is 1.32 bits per heavy atom. The lowest BCUT2D eigenvalue weighted by Crippen LogP contribution is -2.20. The summed E-state index contributed by atoms with van der Waals surface area (Å²) in [6.45, 7) is 4.03. The van der Waals surface area contributed by atoms with Gasteiger partial charge in [-0.25, -0.2) is 4.68 Å². The van der Waals surface area contributed by atoms with Crippen LogP contribution in [0.1, 0.15) is 18.1 Å². The van der Waals surface area contributed by atoms with E-state index in [1.807, 2.05) is 31.2 Å². The van der Waals surface area contributed by atoms with Gasteiger partial charge in [-0.2, -0.15) is 0 Å². The van der Waals surface area contributed by atoms with E-state index in [2.05, 4.69) is 5.10 Å². The molecule has 0 fully saturated rings. The number of hydrogen-bond acceptors (Lipinski definition) is 3. The minimum Gasteiger partial charge on any atom is -0.466 e. The third-order valence-electron chi connectivity index (χ3n) is 2.78. The van der Waals surface area contributed by atoms with Gasteiger partial charge in [-0.15, -0.1) is 0 Å². The Hall–Kier alpha value is -2.30. The number of aryl methyl sites for hydroxylation is 1. The second kappa shape index (κ2) is 5.56. The molecule has 2 rings (SSSR count). The SMILES string of the molecule is CCOC(=O)Cc1c[nH]n(-c2ccc(C)cc2)c1=O. The van der Waals surface area contributed by atoms with Crippen molar-refractivity contribution in [1.82, 2.24) is 9.78 Å². The van der Waals surface area contributed by atoms with Crippen molar-refractivity contribution < 1.29 is 9.53 Å². The van der Waals surface area contributed by atoms with Crippen molar-refractivity contribution in [2.75, 3.05) is 6.61 Å². The van der Waals surface area contributed by atoms with Crippen LogP contribution in [0.25, 0.3) is 5.69 Å². The second-order valence-electron chi connectivity index (χ2n) is 4.26. The Morgan fingerprint density at radius 3 is 2.63 bits per heavy atom. The smallest absolute Gasteiger partial charge is 0.310 e. The summed E-state index contributed by atoms with van der Waals surface area (Å²) in [6, 6.07) is 7.55. The molecular formula is C14H16N2O3. The van der Waals surface area contributed by atoms with Gasteiger partial charge < -0.3 is 4.74 Å². The fourth-order valence-corrected chi connectivity index (χ4v) is 1.79.